The zero-order valence-electron chi connectivity index (χ0n) is 19.8. The van der Waals surface area contributed by atoms with E-state index in [4.69, 9.17) is 0 Å². The van der Waals surface area contributed by atoms with Crippen molar-refractivity contribution in [1.29, 1.82) is 0 Å². The number of hydrogen-bond donors (Lipinski definition) is 1. The largest absolute Gasteiger partial charge is 0.349 e. The summed E-state index contributed by atoms with van der Waals surface area (Å²) >= 11 is 0. The van der Waals surface area contributed by atoms with Gasteiger partial charge in [0, 0.05) is 19.0 Å². The van der Waals surface area contributed by atoms with Gasteiger partial charge in [-0.2, -0.15) is 0 Å². The maximum absolute atomic E-state index is 13.0. The molecule has 1 aliphatic carbocycles. The molecule has 178 valence electrons. The number of nitrogens with zero attached hydrogens (tertiary/aromatic N) is 1. The summed E-state index contributed by atoms with van der Waals surface area (Å²) in [5, 5.41) is 3.25. The third kappa shape index (κ3) is 5.85. The minimum atomic E-state index is -3.38. The smallest absolute Gasteiger partial charge is 0.223 e. The van der Waals surface area contributed by atoms with Gasteiger partial charge in [0.2, 0.25) is 15.9 Å². The highest BCUT2D eigenvalue weighted by Gasteiger charge is 2.32. The number of nitrogens with one attached hydrogen (secondary N) is 1. The van der Waals surface area contributed by atoms with Crippen LogP contribution in [-0.4, -0.2) is 31.7 Å². The van der Waals surface area contributed by atoms with Gasteiger partial charge in [-0.3, -0.25) is 4.79 Å². The SMILES string of the molecule is CCC(NC(=O)C1CCN(S(=O)(=O)Cc2ccc(C)cc2)CC1)c1ccc2c(c1)CCCC2. The average Bonchev–Trinajstić information content (AvgIpc) is 2.83. The topological polar surface area (TPSA) is 66.5 Å². The molecular formula is C27H36N2O3S. The van der Waals surface area contributed by atoms with E-state index in [0.29, 0.717) is 25.9 Å². The third-order valence-corrected chi connectivity index (χ3v) is 9.04. The van der Waals surface area contributed by atoms with Gasteiger partial charge >= 0.3 is 0 Å². The predicted molar refractivity (Wildman–Crippen MR) is 132 cm³/mol. The summed E-state index contributed by atoms with van der Waals surface area (Å²) < 4.78 is 27.3. The van der Waals surface area contributed by atoms with Crippen molar-refractivity contribution < 1.29 is 13.2 Å². The molecule has 0 bridgehead atoms. The molecule has 4 rings (SSSR count). The zero-order valence-corrected chi connectivity index (χ0v) is 20.7. The van der Waals surface area contributed by atoms with E-state index in [1.165, 1.54) is 29.5 Å². The standard InChI is InChI=1S/C27H36N2O3S/c1-3-26(25-13-12-22-6-4-5-7-24(22)18-25)28-27(30)23-14-16-29(17-15-23)33(31,32)19-21-10-8-20(2)9-11-21/h8-13,18,23,26H,3-7,14-17,19H2,1-2H3,(H,28,30). The second-order valence-corrected chi connectivity index (χ2v) is 11.6. The molecule has 6 heteroatoms. The van der Waals surface area contributed by atoms with Gasteiger partial charge in [-0.1, -0.05) is 55.0 Å². The number of amides is 1. The van der Waals surface area contributed by atoms with Crippen molar-refractivity contribution in [3.05, 3.63) is 70.3 Å². The average molecular weight is 469 g/mol. The number of fused-ring (bicyclic) bond motifs is 1. The van der Waals surface area contributed by atoms with Gasteiger partial charge in [0.15, 0.2) is 0 Å². The van der Waals surface area contributed by atoms with E-state index in [1.807, 2.05) is 31.2 Å². The molecule has 0 radical (unpaired) electrons. The van der Waals surface area contributed by atoms with E-state index in [1.54, 1.807) is 4.31 Å². The monoisotopic (exact) mass is 468 g/mol. The van der Waals surface area contributed by atoms with Gasteiger partial charge in [0.25, 0.3) is 0 Å². The fourth-order valence-electron chi connectivity index (χ4n) is 5.06. The number of piperidine rings is 1. The lowest BCUT2D eigenvalue weighted by atomic mass is 9.88. The minimum Gasteiger partial charge on any atom is -0.349 e. The van der Waals surface area contributed by atoms with Gasteiger partial charge in [0.1, 0.15) is 0 Å². The van der Waals surface area contributed by atoms with Crippen molar-refractivity contribution in [2.24, 2.45) is 5.92 Å². The van der Waals surface area contributed by atoms with Crippen LogP contribution < -0.4 is 5.32 Å². The lowest BCUT2D eigenvalue weighted by Crippen LogP contribution is -2.44. The number of rotatable bonds is 7. The highest BCUT2D eigenvalue weighted by molar-refractivity contribution is 7.88. The molecule has 1 N–H and O–H groups in total. The van der Waals surface area contributed by atoms with E-state index < -0.39 is 10.0 Å². The summed E-state index contributed by atoms with van der Waals surface area (Å²) in [6.07, 6.45) is 6.77. The van der Waals surface area contributed by atoms with Crippen LogP contribution in [0.25, 0.3) is 0 Å². The summed E-state index contributed by atoms with van der Waals surface area (Å²) in [5.41, 5.74) is 5.98. The van der Waals surface area contributed by atoms with Crippen molar-refractivity contribution in [3.8, 4) is 0 Å². The third-order valence-electron chi connectivity index (χ3n) is 7.19. The van der Waals surface area contributed by atoms with Gasteiger partial charge in [-0.15, -0.1) is 0 Å². The van der Waals surface area contributed by atoms with E-state index in [-0.39, 0.29) is 23.6 Å². The molecule has 1 aliphatic heterocycles. The molecule has 0 spiro atoms. The molecule has 0 saturated carbocycles. The Labute approximate surface area is 198 Å². The van der Waals surface area contributed by atoms with E-state index in [9.17, 15) is 13.2 Å². The summed E-state index contributed by atoms with van der Waals surface area (Å²) in [6.45, 7) is 4.90. The first-order chi connectivity index (χ1) is 15.9. The van der Waals surface area contributed by atoms with Crippen LogP contribution in [0.1, 0.15) is 72.9 Å². The van der Waals surface area contributed by atoms with Crippen LogP contribution in [0.4, 0.5) is 0 Å². The second kappa shape index (κ2) is 10.4. The lowest BCUT2D eigenvalue weighted by Gasteiger charge is -2.31. The Morgan fingerprint density at radius 3 is 2.36 bits per heavy atom. The van der Waals surface area contributed by atoms with Crippen LogP contribution in [0.3, 0.4) is 0 Å². The highest BCUT2D eigenvalue weighted by atomic mass is 32.2. The quantitative estimate of drug-likeness (QED) is 0.641. The Morgan fingerprint density at radius 2 is 1.70 bits per heavy atom. The van der Waals surface area contributed by atoms with Crippen LogP contribution in [0, 0.1) is 12.8 Å². The Morgan fingerprint density at radius 1 is 1.03 bits per heavy atom. The zero-order chi connectivity index (χ0) is 23.4. The molecule has 1 unspecified atom stereocenters. The van der Waals surface area contributed by atoms with Gasteiger partial charge in [-0.25, -0.2) is 12.7 Å². The van der Waals surface area contributed by atoms with E-state index in [0.717, 1.165) is 30.4 Å². The first kappa shape index (κ1) is 24.0. The second-order valence-electron chi connectivity index (χ2n) is 9.62. The van der Waals surface area contributed by atoms with Crippen LogP contribution in [-0.2, 0) is 33.4 Å². The molecule has 2 aromatic carbocycles. The molecule has 2 aromatic rings. The number of hydrogen-bond acceptors (Lipinski definition) is 3. The molecule has 1 fully saturated rings. The molecule has 1 saturated heterocycles. The highest BCUT2D eigenvalue weighted by Crippen LogP contribution is 2.27. The number of aryl methyl sites for hydroxylation is 3. The summed E-state index contributed by atoms with van der Waals surface area (Å²) in [4.78, 5) is 13.0. The molecular weight excluding hydrogens is 432 g/mol. The summed E-state index contributed by atoms with van der Waals surface area (Å²) in [5.74, 6) is -0.0712. The van der Waals surface area contributed by atoms with Crippen LogP contribution in [0.2, 0.25) is 0 Å². The van der Waals surface area contributed by atoms with Crippen molar-refractivity contribution in [1.82, 2.24) is 9.62 Å². The van der Waals surface area contributed by atoms with Gasteiger partial charge in [-0.05, 0) is 74.1 Å². The van der Waals surface area contributed by atoms with Crippen LogP contribution in [0.15, 0.2) is 42.5 Å². The Balaban J connectivity index is 1.33. The van der Waals surface area contributed by atoms with Crippen molar-refractivity contribution in [3.63, 3.8) is 0 Å². The van der Waals surface area contributed by atoms with Crippen molar-refractivity contribution >= 4 is 15.9 Å². The fourth-order valence-corrected chi connectivity index (χ4v) is 6.63. The van der Waals surface area contributed by atoms with Crippen LogP contribution in [0.5, 0.6) is 0 Å². The molecule has 0 aromatic heterocycles. The van der Waals surface area contributed by atoms with Crippen LogP contribution >= 0.6 is 0 Å². The molecule has 1 amide bonds. The fraction of sp³-hybridized carbons (Fsp3) is 0.519. The number of carbonyl (C=O) groups is 1. The molecule has 5 nitrogen and oxygen atoms in total. The Kier molecular flexibility index (Phi) is 7.55. The minimum absolute atomic E-state index is 0.00743. The maximum Gasteiger partial charge on any atom is 0.223 e. The first-order valence-corrected chi connectivity index (χ1v) is 13.9. The Hall–Kier alpha value is -2.18. The molecule has 1 heterocycles. The van der Waals surface area contributed by atoms with Crippen molar-refractivity contribution in [2.45, 2.75) is 70.6 Å². The lowest BCUT2D eigenvalue weighted by molar-refractivity contribution is -0.126. The number of sulfonamides is 1. The number of carbonyl (C=O) groups excluding carboxylic acids is 1. The van der Waals surface area contributed by atoms with Gasteiger partial charge in [0.05, 0.1) is 11.8 Å². The maximum atomic E-state index is 13.0. The van der Waals surface area contributed by atoms with E-state index in [2.05, 4.69) is 30.4 Å². The molecule has 2 aliphatic rings. The summed E-state index contributed by atoms with van der Waals surface area (Å²) in [6, 6.07) is 14.3. The predicted octanol–water partition coefficient (Wildman–Crippen LogP) is 4.68. The number of benzene rings is 2. The van der Waals surface area contributed by atoms with Crippen molar-refractivity contribution in [2.75, 3.05) is 13.1 Å². The molecule has 33 heavy (non-hydrogen) atoms. The molecule has 1 atom stereocenters. The summed E-state index contributed by atoms with van der Waals surface area (Å²) in [7, 11) is -3.38. The first-order valence-electron chi connectivity index (χ1n) is 12.3. The normalized spacial score (nSPS) is 18.5. The van der Waals surface area contributed by atoms with Gasteiger partial charge < -0.3 is 5.32 Å². The Bertz CT molecular complexity index is 1070. The van der Waals surface area contributed by atoms with E-state index >= 15 is 0 Å².